The van der Waals surface area contributed by atoms with Gasteiger partial charge in [-0.25, -0.2) is 4.39 Å². The molecule has 192 valence electrons. The minimum Gasteiger partial charge on any atom is -0.378 e. The number of rotatable bonds is 12. The summed E-state index contributed by atoms with van der Waals surface area (Å²) in [5.41, 5.74) is 3.71. The van der Waals surface area contributed by atoms with E-state index in [4.69, 9.17) is 4.74 Å². The summed E-state index contributed by atoms with van der Waals surface area (Å²) in [6, 6.07) is 4.36. The van der Waals surface area contributed by atoms with Crippen LogP contribution in [0.25, 0.3) is 0 Å². The molecular weight excluding hydrogens is 419 g/mol. The highest BCUT2D eigenvalue weighted by molar-refractivity contribution is 5.37. The molecule has 0 spiro atoms. The first-order valence-electron chi connectivity index (χ1n) is 15.1. The van der Waals surface area contributed by atoms with Crippen LogP contribution in [0, 0.1) is 23.6 Å². The lowest BCUT2D eigenvalue weighted by Crippen LogP contribution is -2.34. The highest BCUT2D eigenvalue weighted by Gasteiger charge is 2.37. The number of fused-ring (bicyclic) bond motifs is 2. The van der Waals surface area contributed by atoms with Crippen molar-refractivity contribution in [1.29, 1.82) is 0 Å². The number of aryl methyl sites for hydroxylation is 1. The fourth-order valence-electron chi connectivity index (χ4n) is 7.34. The van der Waals surface area contributed by atoms with Crippen LogP contribution in [0.4, 0.5) is 4.39 Å². The molecule has 0 aliphatic heterocycles. The molecule has 0 bridgehead atoms. The zero-order valence-electron chi connectivity index (χ0n) is 22.3. The third-order valence-electron chi connectivity index (χ3n) is 9.48. The topological polar surface area (TPSA) is 9.23 Å². The van der Waals surface area contributed by atoms with Gasteiger partial charge in [0.25, 0.3) is 0 Å². The number of ether oxygens (including phenoxy) is 1. The van der Waals surface area contributed by atoms with E-state index in [1.807, 2.05) is 6.07 Å². The van der Waals surface area contributed by atoms with Crippen molar-refractivity contribution in [1.82, 2.24) is 0 Å². The third-order valence-corrected chi connectivity index (χ3v) is 9.48. The molecule has 0 amide bonds. The molecule has 0 radical (unpaired) electrons. The minimum atomic E-state index is 0.106. The molecule has 0 heterocycles. The van der Waals surface area contributed by atoms with Crippen molar-refractivity contribution in [3.05, 3.63) is 34.6 Å². The van der Waals surface area contributed by atoms with Gasteiger partial charge in [-0.05, 0) is 111 Å². The lowest BCUT2D eigenvalue weighted by molar-refractivity contribution is -0.0162. The summed E-state index contributed by atoms with van der Waals surface area (Å²) in [5.74, 6) is 3.03. The molecule has 1 aromatic rings. The maximum Gasteiger partial charge on any atom is 0.126 e. The molecule has 0 N–H and O–H groups in total. The Hall–Kier alpha value is -0.890. The SMILES string of the molecule is CCCCCCCC1CCc2cc(C3CCC4CC(OCCCCC)CCC4C3)cc(F)c2C1. The first kappa shape index (κ1) is 26.2. The van der Waals surface area contributed by atoms with E-state index in [0.717, 1.165) is 36.8 Å². The maximum absolute atomic E-state index is 15.3. The van der Waals surface area contributed by atoms with Gasteiger partial charge in [0.1, 0.15) is 5.82 Å². The zero-order valence-corrected chi connectivity index (χ0v) is 22.3. The van der Waals surface area contributed by atoms with E-state index >= 15 is 4.39 Å². The van der Waals surface area contributed by atoms with Gasteiger partial charge in [-0.2, -0.15) is 0 Å². The van der Waals surface area contributed by atoms with Crippen LogP contribution in [-0.4, -0.2) is 12.7 Å². The molecule has 2 heteroatoms. The molecule has 5 atom stereocenters. The average Bonchev–Trinajstić information content (AvgIpc) is 2.86. The molecule has 2 fully saturated rings. The number of hydrogen-bond acceptors (Lipinski definition) is 1. The largest absolute Gasteiger partial charge is 0.378 e. The van der Waals surface area contributed by atoms with Crippen molar-refractivity contribution in [3.8, 4) is 0 Å². The molecule has 1 nitrogen and oxygen atoms in total. The summed E-state index contributed by atoms with van der Waals surface area (Å²) in [5, 5.41) is 0. The Morgan fingerprint density at radius 2 is 1.59 bits per heavy atom. The van der Waals surface area contributed by atoms with Crippen LogP contribution in [-0.2, 0) is 17.6 Å². The Morgan fingerprint density at radius 1 is 0.824 bits per heavy atom. The third kappa shape index (κ3) is 7.08. The Bertz CT molecular complexity index is 743. The molecular formula is C32H51FO. The molecule has 4 rings (SSSR count). The van der Waals surface area contributed by atoms with Crippen LogP contribution >= 0.6 is 0 Å². The van der Waals surface area contributed by atoms with E-state index in [9.17, 15) is 0 Å². The molecule has 3 aliphatic carbocycles. The fourth-order valence-corrected chi connectivity index (χ4v) is 7.34. The quantitative estimate of drug-likeness (QED) is 0.276. The second kappa shape index (κ2) is 13.4. The molecule has 3 aliphatic rings. The molecule has 34 heavy (non-hydrogen) atoms. The highest BCUT2D eigenvalue weighted by atomic mass is 19.1. The van der Waals surface area contributed by atoms with Gasteiger partial charge in [0.2, 0.25) is 0 Å². The van der Waals surface area contributed by atoms with Gasteiger partial charge in [-0.15, -0.1) is 0 Å². The van der Waals surface area contributed by atoms with Gasteiger partial charge >= 0.3 is 0 Å². The van der Waals surface area contributed by atoms with E-state index < -0.39 is 0 Å². The molecule has 2 saturated carbocycles. The summed E-state index contributed by atoms with van der Waals surface area (Å²) >= 11 is 0. The maximum atomic E-state index is 15.3. The zero-order chi connectivity index (χ0) is 23.8. The van der Waals surface area contributed by atoms with E-state index in [-0.39, 0.29) is 5.82 Å². The molecule has 0 saturated heterocycles. The Kier molecular flexibility index (Phi) is 10.3. The first-order chi connectivity index (χ1) is 16.7. The van der Waals surface area contributed by atoms with Crippen LogP contribution in [0.15, 0.2) is 12.1 Å². The molecule has 0 aromatic heterocycles. The summed E-state index contributed by atoms with van der Waals surface area (Å²) in [6.45, 7) is 5.48. The van der Waals surface area contributed by atoms with Gasteiger partial charge in [-0.3, -0.25) is 0 Å². The summed E-state index contributed by atoms with van der Waals surface area (Å²) in [6.07, 6.45) is 23.2. The van der Waals surface area contributed by atoms with Crippen molar-refractivity contribution in [3.63, 3.8) is 0 Å². The van der Waals surface area contributed by atoms with Crippen molar-refractivity contribution in [2.45, 2.75) is 141 Å². The fraction of sp³-hybridized carbons (Fsp3) is 0.812. The van der Waals surface area contributed by atoms with Crippen molar-refractivity contribution < 1.29 is 9.13 Å². The minimum absolute atomic E-state index is 0.106. The van der Waals surface area contributed by atoms with Gasteiger partial charge in [0, 0.05) is 6.61 Å². The van der Waals surface area contributed by atoms with Crippen molar-refractivity contribution >= 4 is 0 Å². The number of unbranched alkanes of at least 4 members (excludes halogenated alkanes) is 6. The lowest BCUT2D eigenvalue weighted by Gasteiger charge is -2.42. The van der Waals surface area contributed by atoms with Crippen molar-refractivity contribution in [2.75, 3.05) is 6.61 Å². The Labute approximate surface area is 209 Å². The average molecular weight is 471 g/mol. The lowest BCUT2D eigenvalue weighted by atomic mass is 9.65. The van der Waals surface area contributed by atoms with Crippen LogP contribution in [0.3, 0.4) is 0 Å². The van der Waals surface area contributed by atoms with Crippen LogP contribution in [0.2, 0.25) is 0 Å². The van der Waals surface area contributed by atoms with Gasteiger partial charge in [-0.1, -0.05) is 71.3 Å². The first-order valence-corrected chi connectivity index (χ1v) is 15.1. The predicted molar refractivity (Wildman–Crippen MR) is 142 cm³/mol. The second-order valence-electron chi connectivity index (χ2n) is 12.0. The smallest absolute Gasteiger partial charge is 0.126 e. The molecule has 5 unspecified atom stereocenters. The monoisotopic (exact) mass is 470 g/mol. The van der Waals surface area contributed by atoms with E-state index in [1.54, 1.807) is 0 Å². The van der Waals surface area contributed by atoms with Crippen LogP contribution in [0.5, 0.6) is 0 Å². The van der Waals surface area contributed by atoms with Gasteiger partial charge in [0.15, 0.2) is 0 Å². The van der Waals surface area contributed by atoms with Gasteiger partial charge < -0.3 is 4.74 Å². The number of benzene rings is 1. The van der Waals surface area contributed by atoms with Gasteiger partial charge in [0.05, 0.1) is 6.10 Å². The molecule has 1 aromatic carbocycles. The summed E-state index contributed by atoms with van der Waals surface area (Å²) in [7, 11) is 0. The van der Waals surface area contributed by atoms with E-state index in [2.05, 4.69) is 19.9 Å². The number of halogens is 1. The number of hydrogen-bond donors (Lipinski definition) is 0. The standard InChI is InChI=1S/C32H51FO/c1-3-5-7-8-9-11-24-12-13-28-21-29(23-32(33)31(28)19-24)26-14-15-27-22-30(17-16-25(27)20-26)34-18-10-6-4-2/h21,23-27,30H,3-20,22H2,1-2H3. The predicted octanol–water partition coefficient (Wildman–Crippen LogP) is 9.55. The van der Waals surface area contributed by atoms with Crippen molar-refractivity contribution in [2.24, 2.45) is 17.8 Å². The van der Waals surface area contributed by atoms with Crippen LogP contribution < -0.4 is 0 Å². The van der Waals surface area contributed by atoms with E-state index in [0.29, 0.717) is 17.9 Å². The second-order valence-corrected chi connectivity index (χ2v) is 12.0. The Morgan fingerprint density at radius 3 is 2.44 bits per heavy atom. The van der Waals surface area contributed by atoms with Crippen LogP contribution in [0.1, 0.15) is 139 Å². The normalized spacial score (nSPS) is 29.0. The highest BCUT2D eigenvalue weighted by Crippen LogP contribution is 2.47. The summed E-state index contributed by atoms with van der Waals surface area (Å²) < 4.78 is 21.5. The summed E-state index contributed by atoms with van der Waals surface area (Å²) in [4.78, 5) is 0. The van der Waals surface area contributed by atoms with E-state index in [1.165, 1.54) is 114 Å². The Balaban J connectivity index is 1.27.